The molecule has 2 fully saturated rings. The van der Waals surface area contributed by atoms with Crippen molar-refractivity contribution in [3.8, 4) is 0 Å². The largest absolute Gasteiger partial charge is 0.464 e. The number of hydrogen-bond acceptors (Lipinski definition) is 8. The molecule has 0 bridgehead atoms. The smallest absolute Gasteiger partial charge is 0.416 e. The molecule has 0 radical (unpaired) electrons. The molecule has 14 heteroatoms. The second kappa shape index (κ2) is 12.0. The number of carbonyl (C=O) groups is 3. The zero-order valence-corrected chi connectivity index (χ0v) is 21.7. The average Bonchev–Trinajstić information content (AvgIpc) is 3.59. The van der Waals surface area contributed by atoms with Gasteiger partial charge in [-0.3, -0.25) is 9.69 Å². The van der Waals surface area contributed by atoms with Crippen LogP contribution >= 0.6 is 0 Å². The van der Waals surface area contributed by atoms with E-state index in [0.717, 1.165) is 12.1 Å². The van der Waals surface area contributed by atoms with E-state index < -0.39 is 23.8 Å². The third-order valence-corrected chi connectivity index (χ3v) is 7.08. The first-order valence-corrected chi connectivity index (χ1v) is 12.7. The number of nitrogens with one attached hydrogen (secondary N) is 1. The van der Waals surface area contributed by atoms with Gasteiger partial charge < -0.3 is 19.7 Å². The number of nitrogens with zero attached hydrogens (tertiary/aromatic N) is 5. The zero-order chi connectivity index (χ0) is 28.2. The summed E-state index contributed by atoms with van der Waals surface area (Å²) < 4.78 is 50.6. The van der Waals surface area contributed by atoms with Gasteiger partial charge in [0, 0.05) is 32.2 Å². The molecule has 3 heterocycles. The Hall–Kier alpha value is -3.68. The number of piperidine rings is 1. The van der Waals surface area contributed by atoms with E-state index in [-0.39, 0.29) is 42.9 Å². The van der Waals surface area contributed by atoms with Crippen LogP contribution in [0.1, 0.15) is 53.8 Å². The number of benzene rings is 1. The van der Waals surface area contributed by atoms with E-state index in [1.54, 1.807) is 11.8 Å². The number of rotatable bonds is 7. The SMILES string of the molecule is CCOC(=O)N1CCC(N2C[C@@H](n3cc(C(=O)OC)nn3)C[C@H]2C(=O)NCc2cccc(C(F)(F)F)c2)CC1. The summed E-state index contributed by atoms with van der Waals surface area (Å²) in [5.41, 5.74) is -0.400. The van der Waals surface area contributed by atoms with Crippen LogP contribution < -0.4 is 5.32 Å². The minimum absolute atomic E-state index is 0.0198. The summed E-state index contributed by atoms with van der Waals surface area (Å²) in [4.78, 5) is 41.0. The summed E-state index contributed by atoms with van der Waals surface area (Å²) in [5, 5.41) is 10.7. The Labute approximate surface area is 223 Å². The molecule has 212 valence electrons. The van der Waals surface area contributed by atoms with E-state index in [1.165, 1.54) is 30.1 Å². The number of amides is 2. The normalized spacial score (nSPS) is 20.6. The standard InChI is InChI=1S/C25H31F3N6O5/c1-3-39-24(37)32-9-7-18(8-10-32)33-14-19(34-15-20(30-31-34)23(36)38-2)12-21(33)22(35)29-13-16-5-4-6-17(11-16)25(26,27)28/h4-6,11,15,18-19,21H,3,7-10,12-14H2,1-2H3,(H,29,35)/t19-,21-/m0/s1. The molecule has 2 aromatic rings. The van der Waals surface area contributed by atoms with E-state index in [0.29, 0.717) is 44.5 Å². The highest BCUT2D eigenvalue weighted by Crippen LogP contribution is 2.33. The third-order valence-electron chi connectivity index (χ3n) is 7.08. The molecule has 2 saturated heterocycles. The van der Waals surface area contributed by atoms with Gasteiger partial charge >= 0.3 is 18.2 Å². The fraction of sp³-hybridized carbons (Fsp3) is 0.560. The molecule has 4 rings (SSSR count). The molecule has 11 nitrogen and oxygen atoms in total. The monoisotopic (exact) mass is 552 g/mol. The highest BCUT2D eigenvalue weighted by Gasteiger charge is 2.43. The van der Waals surface area contributed by atoms with Crippen molar-refractivity contribution in [3.05, 3.63) is 47.3 Å². The van der Waals surface area contributed by atoms with E-state index in [2.05, 4.69) is 15.6 Å². The van der Waals surface area contributed by atoms with Crippen LogP contribution in [0.15, 0.2) is 30.5 Å². The van der Waals surface area contributed by atoms with Gasteiger partial charge in [0.15, 0.2) is 5.69 Å². The minimum atomic E-state index is -4.48. The number of ether oxygens (including phenoxy) is 2. The quantitative estimate of drug-likeness (QED) is 0.521. The Balaban J connectivity index is 1.48. The van der Waals surface area contributed by atoms with Gasteiger partial charge in [0.25, 0.3) is 0 Å². The van der Waals surface area contributed by atoms with E-state index >= 15 is 0 Å². The first-order chi connectivity index (χ1) is 18.6. The first kappa shape index (κ1) is 28.3. The number of carbonyl (C=O) groups excluding carboxylic acids is 3. The summed E-state index contributed by atoms with van der Waals surface area (Å²) in [5.74, 6) is -0.950. The number of halogens is 3. The van der Waals surface area contributed by atoms with Crippen LogP contribution in [0.3, 0.4) is 0 Å². The summed E-state index contributed by atoms with van der Waals surface area (Å²) in [6, 6.07) is 3.95. The molecule has 1 aromatic heterocycles. The van der Waals surface area contributed by atoms with Crippen molar-refractivity contribution in [1.82, 2.24) is 30.1 Å². The second-order valence-corrected chi connectivity index (χ2v) is 9.51. The van der Waals surface area contributed by atoms with Gasteiger partial charge in [-0.1, -0.05) is 17.3 Å². The van der Waals surface area contributed by atoms with Crippen molar-refractivity contribution in [2.45, 2.75) is 57.0 Å². The Morgan fingerprint density at radius 1 is 1.15 bits per heavy atom. The molecule has 0 saturated carbocycles. The highest BCUT2D eigenvalue weighted by molar-refractivity contribution is 5.86. The van der Waals surface area contributed by atoms with Gasteiger partial charge in [-0.05, 0) is 43.9 Å². The lowest BCUT2D eigenvalue weighted by Crippen LogP contribution is -2.52. The van der Waals surface area contributed by atoms with Crippen LogP contribution in [0.5, 0.6) is 0 Å². The molecular weight excluding hydrogens is 521 g/mol. The van der Waals surface area contributed by atoms with Gasteiger partial charge in [-0.15, -0.1) is 5.10 Å². The fourth-order valence-corrected chi connectivity index (χ4v) is 5.10. The van der Waals surface area contributed by atoms with Crippen LogP contribution in [-0.2, 0) is 27.0 Å². The lowest BCUT2D eigenvalue weighted by atomic mass is 10.0. The summed E-state index contributed by atoms with van der Waals surface area (Å²) in [7, 11) is 1.24. The molecule has 1 N–H and O–H groups in total. The molecule has 0 aliphatic carbocycles. The summed E-state index contributed by atoms with van der Waals surface area (Å²) in [6.07, 6.45) is -1.78. The number of likely N-dealkylation sites (tertiary alicyclic amines) is 2. The second-order valence-electron chi connectivity index (χ2n) is 9.51. The van der Waals surface area contributed by atoms with Crippen molar-refractivity contribution in [2.24, 2.45) is 0 Å². The Morgan fingerprint density at radius 3 is 2.56 bits per heavy atom. The van der Waals surface area contributed by atoms with E-state index in [9.17, 15) is 27.6 Å². The van der Waals surface area contributed by atoms with Gasteiger partial charge in [-0.2, -0.15) is 13.2 Å². The predicted molar refractivity (Wildman–Crippen MR) is 130 cm³/mol. The lowest BCUT2D eigenvalue weighted by molar-refractivity contribution is -0.137. The summed E-state index contributed by atoms with van der Waals surface area (Å²) >= 11 is 0. The maximum Gasteiger partial charge on any atom is 0.416 e. The van der Waals surface area contributed by atoms with Crippen molar-refractivity contribution >= 4 is 18.0 Å². The molecule has 2 aliphatic rings. The molecule has 1 aromatic carbocycles. The first-order valence-electron chi connectivity index (χ1n) is 12.7. The Kier molecular flexibility index (Phi) is 8.73. The van der Waals surface area contributed by atoms with Crippen LogP contribution in [0.4, 0.5) is 18.0 Å². The summed E-state index contributed by atoms with van der Waals surface area (Å²) in [6.45, 7) is 3.35. The van der Waals surface area contributed by atoms with Gasteiger partial charge in [0.05, 0.1) is 37.6 Å². The number of hydrogen-bond donors (Lipinski definition) is 1. The minimum Gasteiger partial charge on any atom is -0.464 e. The van der Waals surface area contributed by atoms with Crippen molar-refractivity contribution in [3.63, 3.8) is 0 Å². The molecular formula is C25H31F3N6O5. The molecule has 0 unspecified atom stereocenters. The Morgan fingerprint density at radius 2 is 1.90 bits per heavy atom. The molecule has 39 heavy (non-hydrogen) atoms. The lowest BCUT2D eigenvalue weighted by Gasteiger charge is -2.38. The van der Waals surface area contributed by atoms with Crippen LogP contribution in [-0.4, -0.2) is 88.2 Å². The number of aromatic nitrogens is 3. The zero-order valence-electron chi connectivity index (χ0n) is 21.7. The van der Waals surface area contributed by atoms with E-state index in [4.69, 9.17) is 9.47 Å². The predicted octanol–water partition coefficient (Wildman–Crippen LogP) is 2.64. The number of alkyl halides is 3. The van der Waals surface area contributed by atoms with E-state index in [1.807, 2.05) is 4.90 Å². The van der Waals surface area contributed by atoms with Gasteiger partial charge in [0.1, 0.15) is 0 Å². The van der Waals surface area contributed by atoms with Crippen LogP contribution in [0.25, 0.3) is 0 Å². The molecule has 2 atom stereocenters. The third kappa shape index (κ3) is 6.67. The number of esters is 1. The maximum absolute atomic E-state index is 13.4. The van der Waals surface area contributed by atoms with Gasteiger partial charge in [-0.25, -0.2) is 14.3 Å². The number of methoxy groups -OCH3 is 1. The van der Waals surface area contributed by atoms with Gasteiger partial charge in [0.2, 0.25) is 5.91 Å². The molecule has 0 spiro atoms. The van der Waals surface area contributed by atoms with Crippen LogP contribution in [0, 0.1) is 0 Å². The Bertz CT molecular complexity index is 1180. The highest BCUT2D eigenvalue weighted by atomic mass is 19.4. The van der Waals surface area contributed by atoms with Crippen LogP contribution in [0.2, 0.25) is 0 Å². The topological polar surface area (TPSA) is 119 Å². The van der Waals surface area contributed by atoms with Crippen molar-refractivity contribution in [1.29, 1.82) is 0 Å². The van der Waals surface area contributed by atoms with Crippen molar-refractivity contribution in [2.75, 3.05) is 33.4 Å². The molecule has 2 aliphatic heterocycles. The molecule has 2 amide bonds. The fourth-order valence-electron chi connectivity index (χ4n) is 5.10. The average molecular weight is 553 g/mol. The maximum atomic E-state index is 13.4. The van der Waals surface area contributed by atoms with Crippen molar-refractivity contribution < 1.29 is 37.0 Å².